The molecule has 0 saturated carbocycles. The van der Waals surface area contributed by atoms with Crippen molar-refractivity contribution < 1.29 is 9.90 Å². The normalized spacial score (nSPS) is 12.1. The van der Waals surface area contributed by atoms with E-state index in [0.29, 0.717) is 6.42 Å². The first-order valence-corrected chi connectivity index (χ1v) is 5.65. The van der Waals surface area contributed by atoms with Gasteiger partial charge in [0, 0.05) is 12.0 Å². The third-order valence-electron chi connectivity index (χ3n) is 3.27. The second-order valence-electron chi connectivity index (χ2n) is 4.55. The van der Waals surface area contributed by atoms with Crippen LogP contribution in [0.2, 0.25) is 0 Å². The second kappa shape index (κ2) is 3.57. The lowest BCUT2D eigenvalue weighted by molar-refractivity contribution is 0.0695. The van der Waals surface area contributed by atoms with E-state index in [0.717, 1.165) is 27.9 Å². The summed E-state index contributed by atoms with van der Waals surface area (Å²) in [6.07, 6.45) is 0.669. The standard InChI is InChI=1S/C14H11NO3/c1-7-2-3-8-5-9-6-11(14(17)18)13(16)15-12(9)10(8)4-7/h2-4,6H,5H2,1H3,(H,15,16)(H,17,18). The van der Waals surface area contributed by atoms with Crippen LogP contribution in [0, 0.1) is 6.92 Å². The third kappa shape index (κ3) is 1.46. The topological polar surface area (TPSA) is 70.2 Å². The Morgan fingerprint density at radius 2 is 2.06 bits per heavy atom. The van der Waals surface area contributed by atoms with Gasteiger partial charge in [0.05, 0.1) is 5.69 Å². The fourth-order valence-electron chi connectivity index (χ4n) is 2.39. The molecule has 0 unspecified atom stereocenters. The van der Waals surface area contributed by atoms with Gasteiger partial charge >= 0.3 is 5.97 Å². The largest absolute Gasteiger partial charge is 0.477 e. The molecule has 0 saturated heterocycles. The lowest BCUT2D eigenvalue weighted by atomic mass is 10.1. The molecular weight excluding hydrogens is 230 g/mol. The minimum Gasteiger partial charge on any atom is -0.477 e. The zero-order chi connectivity index (χ0) is 12.9. The molecule has 0 bridgehead atoms. The van der Waals surface area contributed by atoms with E-state index in [1.807, 2.05) is 25.1 Å². The Bertz CT molecular complexity index is 728. The Balaban J connectivity index is 2.26. The number of nitrogens with one attached hydrogen (secondary N) is 1. The number of carboxylic acid groups (broad SMARTS) is 1. The molecule has 1 aromatic heterocycles. The summed E-state index contributed by atoms with van der Waals surface area (Å²) in [4.78, 5) is 25.3. The van der Waals surface area contributed by atoms with Gasteiger partial charge in [0.15, 0.2) is 0 Å². The molecule has 2 N–H and O–H groups in total. The van der Waals surface area contributed by atoms with Crippen LogP contribution in [0.25, 0.3) is 11.3 Å². The number of fused-ring (bicyclic) bond motifs is 3. The van der Waals surface area contributed by atoms with Crippen molar-refractivity contribution in [2.45, 2.75) is 13.3 Å². The Kier molecular flexibility index (Phi) is 2.13. The number of hydrogen-bond donors (Lipinski definition) is 2. The maximum Gasteiger partial charge on any atom is 0.341 e. The first-order chi connectivity index (χ1) is 8.56. The summed E-state index contributed by atoms with van der Waals surface area (Å²) < 4.78 is 0. The molecule has 0 fully saturated rings. The fourth-order valence-corrected chi connectivity index (χ4v) is 2.39. The summed E-state index contributed by atoms with van der Waals surface area (Å²) in [5.74, 6) is -1.19. The highest BCUT2D eigenvalue weighted by molar-refractivity contribution is 5.88. The number of hydrogen-bond acceptors (Lipinski definition) is 2. The van der Waals surface area contributed by atoms with Crippen LogP contribution in [-0.4, -0.2) is 16.1 Å². The second-order valence-corrected chi connectivity index (χ2v) is 4.55. The van der Waals surface area contributed by atoms with Crippen molar-refractivity contribution >= 4 is 5.97 Å². The third-order valence-corrected chi connectivity index (χ3v) is 3.27. The monoisotopic (exact) mass is 241 g/mol. The van der Waals surface area contributed by atoms with Crippen molar-refractivity contribution in [1.82, 2.24) is 4.98 Å². The number of aromatic carboxylic acids is 1. The quantitative estimate of drug-likeness (QED) is 0.684. The Labute approximate surface area is 103 Å². The minimum atomic E-state index is -1.19. The van der Waals surface area contributed by atoms with E-state index in [1.165, 1.54) is 6.07 Å². The SMILES string of the molecule is Cc1ccc2c(c1)-c1[nH]c(=O)c(C(=O)O)cc1C2. The first kappa shape index (κ1) is 10.8. The van der Waals surface area contributed by atoms with Crippen LogP contribution < -0.4 is 5.56 Å². The van der Waals surface area contributed by atoms with E-state index in [2.05, 4.69) is 4.98 Å². The molecule has 1 aliphatic rings. The van der Waals surface area contributed by atoms with Gasteiger partial charge in [-0.1, -0.05) is 17.7 Å². The lowest BCUT2D eigenvalue weighted by Crippen LogP contribution is -2.18. The molecule has 90 valence electrons. The number of aromatic amines is 1. The van der Waals surface area contributed by atoms with E-state index in [4.69, 9.17) is 5.11 Å². The Morgan fingerprint density at radius 3 is 2.78 bits per heavy atom. The van der Waals surface area contributed by atoms with Crippen LogP contribution in [0.15, 0.2) is 29.1 Å². The van der Waals surface area contributed by atoms with Crippen molar-refractivity contribution in [3.63, 3.8) is 0 Å². The highest BCUT2D eigenvalue weighted by Crippen LogP contribution is 2.34. The molecule has 0 amide bonds. The van der Waals surface area contributed by atoms with Crippen molar-refractivity contribution in [2.75, 3.05) is 0 Å². The van der Waals surface area contributed by atoms with Crippen LogP contribution >= 0.6 is 0 Å². The summed E-state index contributed by atoms with van der Waals surface area (Å²) in [5.41, 5.74) is 4.11. The van der Waals surface area contributed by atoms with Gasteiger partial charge in [-0.05, 0) is 30.2 Å². The molecule has 0 aliphatic heterocycles. The van der Waals surface area contributed by atoms with E-state index < -0.39 is 11.5 Å². The van der Waals surface area contributed by atoms with Crippen molar-refractivity contribution in [3.8, 4) is 11.3 Å². The van der Waals surface area contributed by atoms with Crippen molar-refractivity contribution in [1.29, 1.82) is 0 Å². The van der Waals surface area contributed by atoms with Crippen LogP contribution in [0.3, 0.4) is 0 Å². The van der Waals surface area contributed by atoms with Crippen LogP contribution in [0.4, 0.5) is 0 Å². The number of benzene rings is 1. The molecule has 2 aromatic rings. The maximum atomic E-state index is 11.7. The molecule has 4 heteroatoms. The van der Waals surface area contributed by atoms with Crippen LogP contribution in [0.1, 0.15) is 27.0 Å². The molecule has 0 atom stereocenters. The summed E-state index contributed by atoms with van der Waals surface area (Å²) in [6.45, 7) is 1.99. The number of carboxylic acids is 1. The number of aromatic nitrogens is 1. The van der Waals surface area contributed by atoms with Crippen molar-refractivity contribution in [3.05, 3.63) is 56.9 Å². The molecule has 18 heavy (non-hydrogen) atoms. The smallest absolute Gasteiger partial charge is 0.341 e. The fraction of sp³-hybridized carbons (Fsp3) is 0.143. The number of pyridine rings is 1. The van der Waals surface area contributed by atoms with Gasteiger partial charge in [-0.3, -0.25) is 4.79 Å². The van der Waals surface area contributed by atoms with Gasteiger partial charge in [0.25, 0.3) is 5.56 Å². The molecular formula is C14H11NO3. The average molecular weight is 241 g/mol. The van der Waals surface area contributed by atoms with Gasteiger partial charge in [-0.15, -0.1) is 0 Å². The highest BCUT2D eigenvalue weighted by atomic mass is 16.4. The molecule has 3 rings (SSSR count). The number of rotatable bonds is 1. The number of aryl methyl sites for hydroxylation is 1. The molecule has 1 aliphatic carbocycles. The van der Waals surface area contributed by atoms with Crippen molar-refractivity contribution in [2.24, 2.45) is 0 Å². The lowest BCUT2D eigenvalue weighted by Gasteiger charge is -2.02. The van der Waals surface area contributed by atoms with E-state index in [-0.39, 0.29) is 5.56 Å². The highest BCUT2D eigenvalue weighted by Gasteiger charge is 2.22. The first-order valence-electron chi connectivity index (χ1n) is 5.65. The summed E-state index contributed by atoms with van der Waals surface area (Å²) in [5, 5.41) is 8.94. The van der Waals surface area contributed by atoms with Gasteiger partial charge < -0.3 is 10.1 Å². The predicted molar refractivity (Wildman–Crippen MR) is 67.0 cm³/mol. The predicted octanol–water partition coefficient (Wildman–Crippen LogP) is 1.95. The number of carbonyl (C=O) groups is 1. The van der Waals surface area contributed by atoms with Gasteiger partial charge in [0.1, 0.15) is 5.56 Å². The van der Waals surface area contributed by atoms with E-state index in [9.17, 15) is 9.59 Å². The zero-order valence-corrected chi connectivity index (χ0v) is 9.78. The molecule has 0 radical (unpaired) electrons. The van der Waals surface area contributed by atoms with Gasteiger partial charge in [0.2, 0.25) is 0 Å². The maximum absolute atomic E-state index is 11.7. The summed E-state index contributed by atoms with van der Waals surface area (Å²) in [6, 6.07) is 7.52. The van der Waals surface area contributed by atoms with Crippen LogP contribution in [-0.2, 0) is 6.42 Å². The van der Waals surface area contributed by atoms with Crippen LogP contribution in [0.5, 0.6) is 0 Å². The zero-order valence-electron chi connectivity index (χ0n) is 9.78. The molecule has 1 aromatic carbocycles. The van der Waals surface area contributed by atoms with Gasteiger partial charge in [-0.2, -0.15) is 0 Å². The van der Waals surface area contributed by atoms with Gasteiger partial charge in [-0.25, -0.2) is 4.79 Å². The van der Waals surface area contributed by atoms with E-state index >= 15 is 0 Å². The molecule has 1 heterocycles. The summed E-state index contributed by atoms with van der Waals surface area (Å²) in [7, 11) is 0. The van der Waals surface area contributed by atoms with E-state index in [1.54, 1.807) is 0 Å². The molecule has 0 spiro atoms. The minimum absolute atomic E-state index is 0.196. The Morgan fingerprint density at radius 1 is 1.28 bits per heavy atom. The molecule has 4 nitrogen and oxygen atoms in total. The average Bonchev–Trinajstić information content (AvgIpc) is 2.65. The Hall–Kier alpha value is -2.36. The number of H-pyrrole nitrogens is 1. The summed E-state index contributed by atoms with van der Waals surface area (Å²) >= 11 is 0.